The zero-order valence-electron chi connectivity index (χ0n) is 5.35. The summed E-state index contributed by atoms with van der Waals surface area (Å²) in [5.41, 5.74) is -1.40. The molecule has 0 aromatic heterocycles. The lowest BCUT2D eigenvalue weighted by molar-refractivity contribution is -0.121. The van der Waals surface area contributed by atoms with Crippen LogP contribution in [-0.4, -0.2) is 16.7 Å². The van der Waals surface area contributed by atoms with Gasteiger partial charge in [0.15, 0.2) is 0 Å². The second-order valence-corrected chi connectivity index (χ2v) is 1.97. The van der Waals surface area contributed by atoms with Crippen LogP contribution in [0.25, 0.3) is 0 Å². The van der Waals surface area contributed by atoms with Crippen LogP contribution >= 0.6 is 0 Å². The average Bonchev–Trinajstić information content (AvgIpc) is 1.62. The van der Waals surface area contributed by atoms with Crippen molar-refractivity contribution in [2.45, 2.75) is 12.6 Å². The normalized spacial score (nSPS) is 10.6. The summed E-state index contributed by atoms with van der Waals surface area (Å²) in [7, 11) is 0. The molecule has 9 heavy (non-hydrogen) atoms. The Morgan fingerprint density at radius 1 is 1.89 bits per heavy atom. The molecule has 0 saturated heterocycles. The molecule has 1 atom stereocenters. The van der Waals surface area contributed by atoms with Crippen molar-refractivity contribution in [2.75, 3.05) is 0 Å². The lowest BCUT2D eigenvalue weighted by atomic mass is 10.3. The number of hydrogen-bond acceptors (Lipinski definition) is 2. The largest absolute Gasteiger partial charge is 0.371 e. The third-order valence-corrected chi connectivity index (χ3v) is 0.578. The van der Waals surface area contributed by atoms with Crippen molar-refractivity contribution in [3.63, 3.8) is 0 Å². The van der Waals surface area contributed by atoms with E-state index in [0.717, 1.165) is 6.08 Å². The highest BCUT2D eigenvalue weighted by atomic mass is 16.3. The molecule has 2 N–H and O–H groups in total. The highest BCUT2D eigenvalue weighted by Gasteiger charge is 2.12. The Hall–Kier alpha value is -0.830. The number of amides is 1. The van der Waals surface area contributed by atoms with Crippen molar-refractivity contribution in [3.05, 3.63) is 19.6 Å². The lowest BCUT2D eigenvalue weighted by Crippen LogP contribution is -2.42. The van der Waals surface area contributed by atoms with Gasteiger partial charge >= 0.3 is 0 Å². The summed E-state index contributed by atoms with van der Waals surface area (Å²) in [5, 5.41) is 11.0. The third kappa shape index (κ3) is 5.03. The number of rotatable bonds is 2. The summed E-state index contributed by atoms with van der Waals surface area (Å²) in [6.45, 7) is 7.80. The minimum absolute atomic E-state index is 0.435. The molecule has 0 aliphatic rings. The Labute approximate surface area is 54.4 Å². The smallest absolute Gasteiger partial charge is 0.245 e. The zero-order valence-corrected chi connectivity index (χ0v) is 5.35. The highest BCUT2D eigenvalue weighted by molar-refractivity contribution is 5.87. The Kier molecular flexibility index (Phi) is 2.40. The van der Waals surface area contributed by atoms with Crippen molar-refractivity contribution in [1.29, 1.82) is 0 Å². The van der Waals surface area contributed by atoms with Crippen LogP contribution < -0.4 is 5.32 Å². The molecule has 0 heterocycles. The van der Waals surface area contributed by atoms with E-state index in [1.165, 1.54) is 6.92 Å². The van der Waals surface area contributed by atoms with Gasteiger partial charge in [-0.2, -0.15) is 0 Å². The molecular weight excluding hydrogens is 118 g/mol. The van der Waals surface area contributed by atoms with E-state index in [-0.39, 0.29) is 0 Å². The van der Waals surface area contributed by atoms with Crippen LogP contribution in [0.3, 0.4) is 0 Å². The molecule has 0 fully saturated rings. The molecule has 0 aromatic carbocycles. The number of nitrogens with one attached hydrogen (secondary N) is 1. The number of hydrogen-bond donors (Lipinski definition) is 2. The maximum Gasteiger partial charge on any atom is 0.245 e. The van der Waals surface area contributed by atoms with Crippen molar-refractivity contribution in [2.24, 2.45) is 0 Å². The third-order valence-electron chi connectivity index (χ3n) is 0.578. The molecule has 0 saturated carbocycles. The van der Waals surface area contributed by atoms with Crippen LogP contribution in [0.1, 0.15) is 6.92 Å². The minimum Gasteiger partial charge on any atom is -0.371 e. The molecule has 0 rings (SSSR count). The van der Waals surface area contributed by atoms with Crippen LogP contribution in [0, 0.1) is 6.92 Å². The van der Waals surface area contributed by atoms with Crippen LogP contribution in [-0.2, 0) is 4.79 Å². The van der Waals surface area contributed by atoms with E-state index in [2.05, 4.69) is 18.8 Å². The first-order valence-corrected chi connectivity index (χ1v) is 2.48. The second-order valence-electron chi connectivity index (χ2n) is 1.97. The average molecular weight is 128 g/mol. The standard InChI is InChI=1S/C6H10NO2/c1-4-5(8)7-6(2,3)9/h4,9H,1-2H2,3H3,(H,7,8). The van der Waals surface area contributed by atoms with Crippen molar-refractivity contribution in [3.8, 4) is 0 Å². The summed E-state index contributed by atoms with van der Waals surface area (Å²) in [4.78, 5) is 10.4. The van der Waals surface area contributed by atoms with Gasteiger partial charge in [0.05, 0.1) is 0 Å². The highest BCUT2D eigenvalue weighted by Crippen LogP contribution is 1.91. The molecule has 0 aliphatic carbocycles. The van der Waals surface area contributed by atoms with Gasteiger partial charge in [0, 0.05) is 0 Å². The minimum atomic E-state index is -1.40. The summed E-state index contributed by atoms with van der Waals surface area (Å²) >= 11 is 0. The SMILES string of the molecule is [CH2]C(C)(O)NC(=O)C=C. The van der Waals surface area contributed by atoms with E-state index in [1.54, 1.807) is 0 Å². The van der Waals surface area contributed by atoms with Gasteiger partial charge in [0.2, 0.25) is 5.91 Å². The monoisotopic (exact) mass is 128 g/mol. The van der Waals surface area contributed by atoms with Crippen LogP contribution in [0.5, 0.6) is 0 Å². The van der Waals surface area contributed by atoms with Gasteiger partial charge in [-0.25, -0.2) is 0 Å². The van der Waals surface area contributed by atoms with Gasteiger partial charge < -0.3 is 10.4 Å². The molecule has 0 bridgehead atoms. The maximum absolute atomic E-state index is 10.4. The topological polar surface area (TPSA) is 49.3 Å². The molecule has 1 unspecified atom stereocenters. The second kappa shape index (κ2) is 2.64. The van der Waals surface area contributed by atoms with Crippen LogP contribution in [0.2, 0.25) is 0 Å². The van der Waals surface area contributed by atoms with E-state index in [4.69, 9.17) is 5.11 Å². The number of aliphatic hydroxyl groups is 1. The van der Waals surface area contributed by atoms with Crippen molar-refractivity contribution in [1.82, 2.24) is 5.32 Å². The Balaban J connectivity index is 3.74. The fraction of sp³-hybridized carbons (Fsp3) is 0.333. The zero-order chi connectivity index (χ0) is 7.49. The van der Waals surface area contributed by atoms with E-state index in [1.807, 2.05) is 0 Å². The number of carbonyl (C=O) groups excluding carboxylic acids is 1. The van der Waals surface area contributed by atoms with E-state index in [0.29, 0.717) is 0 Å². The molecule has 0 aliphatic heterocycles. The van der Waals surface area contributed by atoms with E-state index >= 15 is 0 Å². The predicted molar refractivity (Wildman–Crippen MR) is 34.3 cm³/mol. The molecule has 3 nitrogen and oxygen atoms in total. The molecular formula is C6H10NO2. The Bertz CT molecular complexity index is 124. The van der Waals surface area contributed by atoms with Gasteiger partial charge in [-0.3, -0.25) is 4.79 Å². The van der Waals surface area contributed by atoms with E-state index < -0.39 is 11.6 Å². The molecule has 0 spiro atoms. The predicted octanol–water partition coefficient (Wildman–Crippen LogP) is -0.169. The first-order chi connectivity index (χ1) is 3.95. The summed E-state index contributed by atoms with van der Waals surface area (Å²) in [5.74, 6) is -0.435. The molecule has 1 amide bonds. The van der Waals surface area contributed by atoms with Gasteiger partial charge in [-0.05, 0) is 19.9 Å². The first-order valence-electron chi connectivity index (χ1n) is 2.48. The Morgan fingerprint density at radius 2 is 2.33 bits per heavy atom. The van der Waals surface area contributed by atoms with Crippen molar-refractivity contribution < 1.29 is 9.90 Å². The molecule has 3 heteroatoms. The maximum atomic E-state index is 10.4. The summed E-state index contributed by atoms with van der Waals surface area (Å²) < 4.78 is 0. The molecule has 51 valence electrons. The summed E-state index contributed by atoms with van der Waals surface area (Å²) in [6, 6.07) is 0. The van der Waals surface area contributed by atoms with Gasteiger partial charge in [-0.1, -0.05) is 6.58 Å². The van der Waals surface area contributed by atoms with Gasteiger partial charge in [0.25, 0.3) is 0 Å². The fourth-order valence-electron chi connectivity index (χ4n) is 0.316. The van der Waals surface area contributed by atoms with Gasteiger partial charge in [0.1, 0.15) is 5.72 Å². The lowest BCUT2D eigenvalue weighted by Gasteiger charge is -2.16. The van der Waals surface area contributed by atoms with Gasteiger partial charge in [-0.15, -0.1) is 0 Å². The van der Waals surface area contributed by atoms with Crippen LogP contribution in [0.4, 0.5) is 0 Å². The molecule has 1 radical (unpaired) electrons. The van der Waals surface area contributed by atoms with E-state index in [9.17, 15) is 4.79 Å². The number of carbonyl (C=O) groups is 1. The Morgan fingerprint density at radius 3 is 2.44 bits per heavy atom. The van der Waals surface area contributed by atoms with Crippen molar-refractivity contribution >= 4 is 5.91 Å². The fourth-order valence-corrected chi connectivity index (χ4v) is 0.316. The summed E-state index contributed by atoms with van der Waals surface area (Å²) in [6.07, 6.45) is 1.07. The van der Waals surface area contributed by atoms with Crippen LogP contribution in [0.15, 0.2) is 12.7 Å². The first kappa shape index (κ1) is 8.17. The quantitative estimate of drug-likeness (QED) is 0.400. The molecule has 0 aromatic rings.